The molecule has 1 aliphatic rings. The van der Waals surface area contributed by atoms with Crippen LogP contribution in [0.3, 0.4) is 0 Å². The van der Waals surface area contributed by atoms with Gasteiger partial charge in [0.15, 0.2) is 5.69 Å². The van der Waals surface area contributed by atoms with Gasteiger partial charge in [-0.15, -0.1) is 6.58 Å². The molecule has 20 heavy (non-hydrogen) atoms. The summed E-state index contributed by atoms with van der Waals surface area (Å²) in [7, 11) is 0. The van der Waals surface area contributed by atoms with Crippen LogP contribution in [0.4, 0.5) is 5.82 Å². The average molecular weight is 276 g/mol. The lowest BCUT2D eigenvalue weighted by molar-refractivity contribution is 0.0690. The molecule has 2 rings (SSSR count). The Morgan fingerprint density at radius 3 is 3.00 bits per heavy atom. The normalized spacial score (nSPS) is 22.6. The Morgan fingerprint density at radius 2 is 2.35 bits per heavy atom. The molecule has 2 N–H and O–H groups in total. The quantitative estimate of drug-likeness (QED) is 0.804. The third-order valence-corrected chi connectivity index (χ3v) is 3.85. The number of aliphatic hydroxyl groups is 1. The van der Waals surface area contributed by atoms with E-state index in [0.717, 1.165) is 25.8 Å². The molecule has 0 amide bonds. The molecule has 0 aromatic carbocycles. The summed E-state index contributed by atoms with van der Waals surface area (Å²) in [5, 5.41) is 18.7. The molecule has 0 saturated carbocycles. The van der Waals surface area contributed by atoms with Crippen LogP contribution in [0.1, 0.15) is 29.8 Å². The van der Waals surface area contributed by atoms with E-state index in [4.69, 9.17) is 5.11 Å². The first-order valence-electron chi connectivity index (χ1n) is 6.77. The van der Waals surface area contributed by atoms with E-state index in [2.05, 4.69) is 16.5 Å². The Kier molecular flexibility index (Phi) is 4.39. The summed E-state index contributed by atoms with van der Waals surface area (Å²) in [4.78, 5) is 17.2. The Morgan fingerprint density at radius 1 is 1.55 bits per heavy atom. The second kappa shape index (κ2) is 6.05. The van der Waals surface area contributed by atoms with Gasteiger partial charge < -0.3 is 15.1 Å². The van der Waals surface area contributed by atoms with Gasteiger partial charge in [0.1, 0.15) is 5.82 Å². The molecular formula is C15H20N2O3. The van der Waals surface area contributed by atoms with E-state index in [9.17, 15) is 9.90 Å². The second-order valence-corrected chi connectivity index (χ2v) is 5.36. The number of piperidine rings is 1. The van der Waals surface area contributed by atoms with Crippen molar-refractivity contribution in [2.24, 2.45) is 5.41 Å². The van der Waals surface area contributed by atoms with Gasteiger partial charge in [0, 0.05) is 18.5 Å². The highest BCUT2D eigenvalue weighted by molar-refractivity contribution is 5.85. The van der Waals surface area contributed by atoms with E-state index in [0.29, 0.717) is 12.4 Å². The van der Waals surface area contributed by atoms with Crippen molar-refractivity contribution in [3.8, 4) is 0 Å². The summed E-state index contributed by atoms with van der Waals surface area (Å²) in [6, 6.07) is 5.00. The first-order valence-corrected chi connectivity index (χ1v) is 6.77. The third-order valence-electron chi connectivity index (χ3n) is 3.85. The molecule has 1 saturated heterocycles. The average Bonchev–Trinajstić information content (AvgIpc) is 2.48. The van der Waals surface area contributed by atoms with Gasteiger partial charge in [0.05, 0.1) is 6.61 Å². The Labute approximate surface area is 118 Å². The number of aromatic nitrogens is 1. The number of carboxylic acid groups (broad SMARTS) is 1. The van der Waals surface area contributed by atoms with Crippen LogP contribution < -0.4 is 4.90 Å². The van der Waals surface area contributed by atoms with Gasteiger partial charge >= 0.3 is 5.97 Å². The summed E-state index contributed by atoms with van der Waals surface area (Å²) in [6.45, 7) is 5.37. The molecule has 1 fully saturated rings. The van der Waals surface area contributed by atoms with Crippen molar-refractivity contribution in [2.45, 2.75) is 19.3 Å². The molecule has 1 atom stereocenters. The molecule has 0 bridgehead atoms. The monoisotopic (exact) mass is 276 g/mol. The second-order valence-electron chi connectivity index (χ2n) is 5.36. The standard InChI is InChI=1S/C15H20N2O3/c1-2-7-15(11-18)8-4-9-17(10-15)13-6-3-5-12(16-13)14(19)20/h2-3,5-6,18H,1,4,7-11H2,(H,19,20)/t15-/m1/s1. The van der Waals surface area contributed by atoms with E-state index in [1.807, 2.05) is 12.1 Å². The van der Waals surface area contributed by atoms with Crippen molar-refractivity contribution in [3.05, 3.63) is 36.5 Å². The van der Waals surface area contributed by atoms with E-state index >= 15 is 0 Å². The smallest absolute Gasteiger partial charge is 0.354 e. The zero-order valence-electron chi connectivity index (χ0n) is 11.5. The van der Waals surface area contributed by atoms with Gasteiger partial charge in [-0.3, -0.25) is 0 Å². The molecule has 0 spiro atoms. The molecule has 1 aliphatic heterocycles. The fraction of sp³-hybridized carbons (Fsp3) is 0.467. The summed E-state index contributed by atoms with van der Waals surface area (Å²) < 4.78 is 0. The number of hydrogen-bond acceptors (Lipinski definition) is 4. The van der Waals surface area contributed by atoms with Crippen LogP contribution in [0.15, 0.2) is 30.9 Å². The predicted octanol–water partition coefficient (Wildman–Crippen LogP) is 1.93. The number of nitrogens with zero attached hydrogens (tertiary/aromatic N) is 2. The maximum absolute atomic E-state index is 11.0. The lowest BCUT2D eigenvalue weighted by atomic mass is 9.78. The maximum Gasteiger partial charge on any atom is 0.354 e. The number of pyridine rings is 1. The highest BCUT2D eigenvalue weighted by Crippen LogP contribution is 2.35. The molecule has 0 unspecified atom stereocenters. The molecule has 5 heteroatoms. The number of rotatable bonds is 5. The van der Waals surface area contributed by atoms with Crippen molar-refractivity contribution >= 4 is 11.8 Å². The minimum Gasteiger partial charge on any atom is -0.477 e. The first-order chi connectivity index (χ1) is 9.60. The molecule has 0 aliphatic carbocycles. The zero-order valence-corrected chi connectivity index (χ0v) is 11.5. The molecule has 0 radical (unpaired) electrons. The lowest BCUT2D eigenvalue weighted by Crippen LogP contribution is -2.45. The van der Waals surface area contributed by atoms with Crippen molar-refractivity contribution in [2.75, 3.05) is 24.6 Å². The number of carbonyl (C=O) groups is 1. The number of carboxylic acids is 1. The van der Waals surface area contributed by atoms with E-state index in [-0.39, 0.29) is 17.7 Å². The van der Waals surface area contributed by atoms with Crippen LogP contribution in [0.25, 0.3) is 0 Å². The first kappa shape index (κ1) is 14.5. The molecule has 1 aromatic heterocycles. The summed E-state index contributed by atoms with van der Waals surface area (Å²) in [5.41, 5.74) is -0.146. The van der Waals surface area contributed by atoms with Crippen molar-refractivity contribution in [1.29, 1.82) is 0 Å². The van der Waals surface area contributed by atoms with E-state index in [1.165, 1.54) is 6.07 Å². The van der Waals surface area contributed by atoms with Crippen molar-refractivity contribution in [3.63, 3.8) is 0 Å². The van der Waals surface area contributed by atoms with E-state index < -0.39 is 5.97 Å². The summed E-state index contributed by atoms with van der Waals surface area (Å²) in [5.74, 6) is -0.366. The van der Waals surface area contributed by atoms with Gasteiger partial charge in [-0.25, -0.2) is 9.78 Å². The van der Waals surface area contributed by atoms with Crippen LogP contribution >= 0.6 is 0 Å². The van der Waals surface area contributed by atoms with Crippen LogP contribution in [0.2, 0.25) is 0 Å². The fourth-order valence-corrected chi connectivity index (χ4v) is 2.79. The number of aromatic carboxylic acids is 1. The zero-order chi connectivity index (χ0) is 14.6. The topological polar surface area (TPSA) is 73.7 Å². The highest BCUT2D eigenvalue weighted by Gasteiger charge is 2.34. The van der Waals surface area contributed by atoms with Crippen molar-refractivity contribution < 1.29 is 15.0 Å². The summed E-state index contributed by atoms with van der Waals surface area (Å²) in [6.07, 6.45) is 4.48. The number of hydrogen-bond donors (Lipinski definition) is 2. The maximum atomic E-state index is 11.0. The van der Waals surface area contributed by atoms with Gasteiger partial charge in [0.25, 0.3) is 0 Å². The number of allylic oxidation sites excluding steroid dienone is 1. The molecule has 5 nitrogen and oxygen atoms in total. The Hall–Kier alpha value is -1.88. The van der Waals surface area contributed by atoms with Crippen LogP contribution in [-0.4, -0.2) is 40.9 Å². The van der Waals surface area contributed by atoms with Crippen LogP contribution in [0, 0.1) is 5.41 Å². The molecule has 2 heterocycles. The van der Waals surface area contributed by atoms with Crippen molar-refractivity contribution in [1.82, 2.24) is 4.98 Å². The lowest BCUT2D eigenvalue weighted by Gasteiger charge is -2.42. The number of aliphatic hydroxyl groups excluding tert-OH is 1. The fourth-order valence-electron chi connectivity index (χ4n) is 2.79. The SMILES string of the molecule is C=CC[C@@]1(CO)CCCN(c2cccc(C(=O)O)n2)C1. The largest absolute Gasteiger partial charge is 0.477 e. The van der Waals surface area contributed by atoms with Crippen LogP contribution in [0.5, 0.6) is 0 Å². The molecule has 108 valence electrons. The van der Waals surface area contributed by atoms with Gasteiger partial charge in [-0.2, -0.15) is 0 Å². The van der Waals surface area contributed by atoms with Gasteiger partial charge in [0.2, 0.25) is 0 Å². The number of anilines is 1. The Bertz CT molecular complexity index is 504. The van der Waals surface area contributed by atoms with E-state index in [1.54, 1.807) is 6.07 Å². The predicted molar refractivity (Wildman–Crippen MR) is 77.0 cm³/mol. The Balaban J connectivity index is 2.22. The molecular weight excluding hydrogens is 256 g/mol. The van der Waals surface area contributed by atoms with Gasteiger partial charge in [-0.05, 0) is 31.4 Å². The third kappa shape index (κ3) is 2.99. The minimum atomic E-state index is -1.02. The summed E-state index contributed by atoms with van der Waals surface area (Å²) >= 11 is 0. The molecule has 1 aromatic rings. The minimum absolute atomic E-state index is 0.0476. The highest BCUT2D eigenvalue weighted by atomic mass is 16.4. The van der Waals surface area contributed by atoms with Gasteiger partial charge in [-0.1, -0.05) is 12.1 Å². The van der Waals surface area contributed by atoms with Crippen LogP contribution in [-0.2, 0) is 0 Å².